The minimum absolute atomic E-state index is 0.138. The summed E-state index contributed by atoms with van der Waals surface area (Å²) < 4.78 is 23.0. The van der Waals surface area contributed by atoms with Crippen LogP contribution in [0.5, 0.6) is 5.75 Å². The lowest BCUT2D eigenvalue weighted by Gasteiger charge is -2.04. The van der Waals surface area contributed by atoms with Crippen molar-refractivity contribution in [2.75, 3.05) is 7.11 Å². The molecule has 0 aliphatic heterocycles. The van der Waals surface area contributed by atoms with E-state index in [9.17, 15) is 9.00 Å². The molecular weight excluding hydrogens is 288 g/mol. The minimum Gasteiger partial charge on any atom is -0.497 e. The summed E-state index contributed by atoms with van der Waals surface area (Å²) in [5.74, 6) is 0.668. The maximum absolute atomic E-state index is 12.5. The zero-order valence-corrected chi connectivity index (χ0v) is 12.1. The van der Waals surface area contributed by atoms with Crippen molar-refractivity contribution in [1.29, 1.82) is 0 Å². The molecule has 0 aliphatic rings. The summed E-state index contributed by atoms with van der Waals surface area (Å²) in [5, 5.41) is 0.428. The molecule has 1 heterocycles. The first kappa shape index (κ1) is 13.6. The summed E-state index contributed by atoms with van der Waals surface area (Å²) in [6, 6.07) is 13.6. The van der Waals surface area contributed by atoms with Crippen LogP contribution < -0.4 is 10.2 Å². The highest BCUT2D eigenvalue weighted by molar-refractivity contribution is 7.85. The topological polar surface area (TPSA) is 56.5 Å². The van der Waals surface area contributed by atoms with Crippen LogP contribution in [-0.4, -0.2) is 11.3 Å². The minimum atomic E-state index is -1.59. The van der Waals surface area contributed by atoms with E-state index in [4.69, 9.17) is 9.15 Å². The van der Waals surface area contributed by atoms with Gasteiger partial charge in [0.2, 0.25) is 5.43 Å². The second kappa shape index (κ2) is 5.54. The Morgan fingerprint density at radius 3 is 2.48 bits per heavy atom. The van der Waals surface area contributed by atoms with Crippen molar-refractivity contribution >= 4 is 21.8 Å². The van der Waals surface area contributed by atoms with E-state index in [-0.39, 0.29) is 10.3 Å². The molecule has 0 amide bonds. The average molecular weight is 300 g/mol. The second-order valence-corrected chi connectivity index (χ2v) is 5.82. The van der Waals surface area contributed by atoms with Gasteiger partial charge in [-0.05, 0) is 36.4 Å². The van der Waals surface area contributed by atoms with Crippen molar-refractivity contribution in [1.82, 2.24) is 0 Å². The highest BCUT2D eigenvalue weighted by atomic mass is 32.2. The smallest absolute Gasteiger partial charge is 0.209 e. The van der Waals surface area contributed by atoms with Gasteiger partial charge in [-0.15, -0.1) is 0 Å². The molecule has 0 saturated carbocycles. The van der Waals surface area contributed by atoms with E-state index in [1.165, 1.54) is 6.26 Å². The summed E-state index contributed by atoms with van der Waals surface area (Å²) in [6.07, 6.45) is 1.27. The normalized spacial score (nSPS) is 12.2. The van der Waals surface area contributed by atoms with Gasteiger partial charge in [-0.1, -0.05) is 12.1 Å². The molecule has 0 saturated heterocycles. The Bertz CT molecular complexity index is 865. The van der Waals surface area contributed by atoms with Crippen molar-refractivity contribution in [3.8, 4) is 5.75 Å². The zero-order valence-electron chi connectivity index (χ0n) is 11.2. The van der Waals surface area contributed by atoms with Crippen LogP contribution in [0.1, 0.15) is 0 Å². The lowest BCUT2D eigenvalue weighted by Crippen LogP contribution is -2.10. The van der Waals surface area contributed by atoms with Crippen LogP contribution in [0, 0.1) is 0 Å². The van der Waals surface area contributed by atoms with E-state index >= 15 is 0 Å². The molecule has 0 bridgehead atoms. The maximum atomic E-state index is 12.5. The third-order valence-electron chi connectivity index (χ3n) is 3.12. The van der Waals surface area contributed by atoms with Crippen molar-refractivity contribution in [2.45, 2.75) is 9.79 Å². The quantitative estimate of drug-likeness (QED) is 0.746. The second-order valence-electron chi connectivity index (χ2n) is 4.37. The Kier molecular flexibility index (Phi) is 3.58. The summed E-state index contributed by atoms with van der Waals surface area (Å²) in [7, 11) is -0.0270. The number of methoxy groups -OCH3 is 1. The molecule has 0 fully saturated rings. The summed E-state index contributed by atoms with van der Waals surface area (Å²) in [4.78, 5) is 13.1. The number of ether oxygens (including phenoxy) is 1. The number of fused-ring (bicyclic) bond motifs is 1. The lowest BCUT2D eigenvalue weighted by atomic mass is 10.2. The molecular formula is C16H12O4S. The van der Waals surface area contributed by atoms with Gasteiger partial charge in [0.15, 0.2) is 0 Å². The molecule has 0 spiro atoms. The molecule has 2 aromatic carbocycles. The summed E-state index contributed by atoms with van der Waals surface area (Å²) in [6.45, 7) is 0. The lowest BCUT2D eigenvalue weighted by molar-refractivity contribution is 0.414. The van der Waals surface area contributed by atoms with Gasteiger partial charge in [0.05, 0.1) is 23.3 Å². The Hall–Kier alpha value is -2.40. The third kappa shape index (κ3) is 2.48. The Morgan fingerprint density at radius 1 is 1.05 bits per heavy atom. The Balaban J connectivity index is 2.09. The van der Waals surface area contributed by atoms with E-state index in [1.54, 1.807) is 55.6 Å². The summed E-state index contributed by atoms with van der Waals surface area (Å²) in [5.41, 5.74) is 0.212. The summed E-state index contributed by atoms with van der Waals surface area (Å²) >= 11 is 0. The van der Waals surface area contributed by atoms with Crippen LogP contribution in [0.15, 0.2) is 73.8 Å². The largest absolute Gasteiger partial charge is 0.497 e. The van der Waals surface area contributed by atoms with Gasteiger partial charge in [-0.2, -0.15) is 0 Å². The molecule has 0 aliphatic carbocycles. The van der Waals surface area contributed by atoms with Crippen molar-refractivity contribution in [3.05, 3.63) is 65.0 Å². The molecule has 0 radical (unpaired) electrons. The van der Waals surface area contributed by atoms with E-state index < -0.39 is 10.8 Å². The zero-order chi connectivity index (χ0) is 14.8. The van der Waals surface area contributed by atoms with Gasteiger partial charge in [-0.3, -0.25) is 4.79 Å². The van der Waals surface area contributed by atoms with Gasteiger partial charge >= 0.3 is 0 Å². The standard InChI is InChI=1S/C16H12O4S/c1-19-11-6-8-12(9-7-11)21(18)15-10-20-14-5-3-2-4-13(14)16(15)17/h2-10H,1H3/t21-/m1/s1. The Morgan fingerprint density at radius 2 is 1.76 bits per heavy atom. The van der Waals surface area contributed by atoms with Crippen molar-refractivity contribution < 1.29 is 13.4 Å². The van der Waals surface area contributed by atoms with Gasteiger partial charge in [-0.25, -0.2) is 4.21 Å². The highest BCUT2D eigenvalue weighted by Crippen LogP contribution is 2.19. The number of benzene rings is 2. The van der Waals surface area contributed by atoms with Crippen LogP contribution in [0.3, 0.4) is 0 Å². The van der Waals surface area contributed by atoms with Gasteiger partial charge in [0.25, 0.3) is 0 Å². The van der Waals surface area contributed by atoms with Gasteiger partial charge in [0, 0.05) is 4.90 Å². The molecule has 4 nitrogen and oxygen atoms in total. The third-order valence-corrected chi connectivity index (χ3v) is 4.50. The van der Waals surface area contributed by atoms with E-state index in [0.29, 0.717) is 21.6 Å². The molecule has 5 heteroatoms. The molecule has 21 heavy (non-hydrogen) atoms. The van der Waals surface area contributed by atoms with Crippen LogP contribution in [-0.2, 0) is 10.8 Å². The fourth-order valence-electron chi connectivity index (χ4n) is 2.01. The number of rotatable bonds is 3. The van der Waals surface area contributed by atoms with Gasteiger partial charge in [0.1, 0.15) is 22.5 Å². The molecule has 3 aromatic rings. The fraction of sp³-hybridized carbons (Fsp3) is 0.0625. The number of hydrogen-bond donors (Lipinski definition) is 0. The fourth-order valence-corrected chi connectivity index (χ4v) is 3.07. The molecule has 106 valence electrons. The van der Waals surface area contributed by atoms with Crippen LogP contribution in [0.25, 0.3) is 11.0 Å². The van der Waals surface area contributed by atoms with E-state index in [2.05, 4.69) is 0 Å². The SMILES string of the molecule is COc1ccc([S@@](=O)c2coc3ccccc3c2=O)cc1. The molecule has 0 N–H and O–H groups in total. The monoisotopic (exact) mass is 300 g/mol. The van der Waals surface area contributed by atoms with E-state index in [1.807, 2.05) is 0 Å². The highest BCUT2D eigenvalue weighted by Gasteiger charge is 2.14. The molecule has 0 unspecified atom stereocenters. The predicted octanol–water partition coefficient (Wildman–Crippen LogP) is 2.97. The van der Waals surface area contributed by atoms with E-state index in [0.717, 1.165) is 0 Å². The first-order valence-electron chi connectivity index (χ1n) is 6.27. The Labute approximate surface area is 123 Å². The number of hydrogen-bond acceptors (Lipinski definition) is 4. The maximum Gasteiger partial charge on any atom is 0.209 e. The van der Waals surface area contributed by atoms with Crippen LogP contribution >= 0.6 is 0 Å². The first-order valence-corrected chi connectivity index (χ1v) is 7.42. The van der Waals surface area contributed by atoms with Crippen molar-refractivity contribution in [2.24, 2.45) is 0 Å². The van der Waals surface area contributed by atoms with Gasteiger partial charge < -0.3 is 9.15 Å². The first-order chi connectivity index (χ1) is 10.2. The van der Waals surface area contributed by atoms with Crippen LogP contribution in [0.2, 0.25) is 0 Å². The molecule has 3 rings (SSSR count). The molecule has 1 atom stereocenters. The number of para-hydroxylation sites is 1. The van der Waals surface area contributed by atoms with Crippen LogP contribution in [0.4, 0.5) is 0 Å². The van der Waals surface area contributed by atoms with Crippen molar-refractivity contribution in [3.63, 3.8) is 0 Å². The predicted molar refractivity (Wildman–Crippen MR) is 80.2 cm³/mol. The molecule has 1 aromatic heterocycles. The average Bonchev–Trinajstić information content (AvgIpc) is 2.55.